The third-order valence-electron chi connectivity index (χ3n) is 5.07. The summed E-state index contributed by atoms with van der Waals surface area (Å²) in [6, 6.07) is 13.9. The Balaban J connectivity index is 1.26. The van der Waals surface area contributed by atoms with Crippen LogP contribution < -0.4 is 16.0 Å². The number of likely N-dealkylation sites (tertiary alicyclic amines) is 1. The Labute approximate surface area is 171 Å². The van der Waals surface area contributed by atoms with Crippen LogP contribution in [0.1, 0.15) is 24.0 Å². The molecule has 7 nitrogen and oxygen atoms in total. The van der Waals surface area contributed by atoms with Crippen LogP contribution in [0.4, 0.5) is 4.79 Å². The number of aromatic nitrogens is 1. The molecule has 0 aliphatic carbocycles. The van der Waals surface area contributed by atoms with E-state index in [-0.39, 0.29) is 24.5 Å². The summed E-state index contributed by atoms with van der Waals surface area (Å²) in [6.45, 7) is 3.33. The van der Waals surface area contributed by atoms with Crippen molar-refractivity contribution in [1.82, 2.24) is 25.8 Å². The maximum absolute atomic E-state index is 12.1. The van der Waals surface area contributed by atoms with E-state index < -0.39 is 0 Å². The second-order valence-corrected chi connectivity index (χ2v) is 7.32. The molecule has 3 rings (SSSR count). The predicted molar refractivity (Wildman–Crippen MR) is 112 cm³/mol. The second kappa shape index (κ2) is 11.2. The van der Waals surface area contributed by atoms with E-state index in [0.717, 1.165) is 38.9 Å². The normalized spacial score (nSPS) is 14.9. The largest absolute Gasteiger partial charge is 0.354 e. The molecule has 0 saturated carbocycles. The summed E-state index contributed by atoms with van der Waals surface area (Å²) in [7, 11) is 0. The molecule has 0 spiro atoms. The van der Waals surface area contributed by atoms with Crippen molar-refractivity contribution < 1.29 is 9.59 Å². The Bertz CT molecular complexity index is 761. The van der Waals surface area contributed by atoms with Crippen LogP contribution in [-0.4, -0.2) is 54.0 Å². The van der Waals surface area contributed by atoms with Crippen LogP contribution in [-0.2, 0) is 17.8 Å². The first-order chi connectivity index (χ1) is 14.2. The topological polar surface area (TPSA) is 86.4 Å². The van der Waals surface area contributed by atoms with Crippen LogP contribution in [0.15, 0.2) is 54.9 Å². The summed E-state index contributed by atoms with van der Waals surface area (Å²) in [5.41, 5.74) is 2.43. The van der Waals surface area contributed by atoms with Gasteiger partial charge < -0.3 is 16.0 Å². The van der Waals surface area contributed by atoms with Gasteiger partial charge in [0.1, 0.15) is 0 Å². The number of benzene rings is 1. The number of hydrogen-bond donors (Lipinski definition) is 3. The number of hydrogen-bond acceptors (Lipinski definition) is 4. The van der Waals surface area contributed by atoms with Gasteiger partial charge in [-0.2, -0.15) is 0 Å². The van der Waals surface area contributed by atoms with Crippen LogP contribution >= 0.6 is 0 Å². The molecule has 0 bridgehead atoms. The number of urea groups is 1. The molecule has 29 heavy (non-hydrogen) atoms. The molecule has 3 N–H and O–H groups in total. The minimum Gasteiger partial charge on any atom is -0.354 e. The lowest BCUT2D eigenvalue weighted by molar-refractivity contribution is -0.120. The predicted octanol–water partition coefficient (Wildman–Crippen LogP) is 1.70. The van der Waals surface area contributed by atoms with Crippen LogP contribution in [0.2, 0.25) is 0 Å². The molecule has 0 radical (unpaired) electrons. The first-order valence-electron chi connectivity index (χ1n) is 10.2. The standard InChI is InChI=1S/C22H29N5O2/c28-21(24-13-8-18-4-2-1-3-5-18)16-25-22(29)26-20-9-14-27(15-10-20)17-19-6-11-23-12-7-19/h1-7,11-12,20H,8-10,13-17H2,(H,24,28)(H2,25,26,29). The molecule has 1 aromatic heterocycles. The molecule has 1 fully saturated rings. The van der Waals surface area contributed by atoms with Crippen LogP contribution in [0, 0.1) is 0 Å². The van der Waals surface area contributed by atoms with Gasteiger partial charge in [-0.3, -0.25) is 14.7 Å². The first-order valence-corrected chi connectivity index (χ1v) is 10.2. The highest BCUT2D eigenvalue weighted by Crippen LogP contribution is 2.13. The van der Waals surface area contributed by atoms with Crippen molar-refractivity contribution in [3.8, 4) is 0 Å². The molecular formula is C22H29N5O2. The lowest BCUT2D eigenvalue weighted by atomic mass is 10.0. The van der Waals surface area contributed by atoms with Crippen molar-refractivity contribution >= 4 is 11.9 Å². The van der Waals surface area contributed by atoms with Gasteiger partial charge in [-0.25, -0.2) is 4.79 Å². The molecule has 1 aliphatic rings. The summed E-state index contributed by atoms with van der Waals surface area (Å²) in [4.78, 5) is 30.4. The van der Waals surface area contributed by atoms with Gasteiger partial charge in [0.2, 0.25) is 5.91 Å². The molecule has 0 atom stereocenters. The molecular weight excluding hydrogens is 366 g/mol. The Kier molecular flexibility index (Phi) is 8.01. The Morgan fingerprint density at radius 3 is 2.41 bits per heavy atom. The quantitative estimate of drug-likeness (QED) is 0.635. The van der Waals surface area contributed by atoms with Crippen LogP contribution in [0.3, 0.4) is 0 Å². The molecule has 1 aliphatic heterocycles. The minimum atomic E-state index is -0.282. The lowest BCUT2D eigenvalue weighted by Gasteiger charge is -2.32. The van der Waals surface area contributed by atoms with E-state index in [1.165, 1.54) is 11.1 Å². The van der Waals surface area contributed by atoms with Gasteiger partial charge in [0.15, 0.2) is 0 Å². The lowest BCUT2D eigenvalue weighted by Crippen LogP contribution is -2.49. The van der Waals surface area contributed by atoms with Crippen LogP contribution in [0.25, 0.3) is 0 Å². The number of carbonyl (C=O) groups is 2. The Morgan fingerprint density at radius 1 is 0.966 bits per heavy atom. The maximum atomic E-state index is 12.1. The zero-order chi connectivity index (χ0) is 20.3. The third kappa shape index (κ3) is 7.54. The highest BCUT2D eigenvalue weighted by Gasteiger charge is 2.20. The SMILES string of the molecule is O=C(CNC(=O)NC1CCN(Cc2ccncc2)CC1)NCCc1ccccc1. The van der Waals surface area contributed by atoms with Gasteiger partial charge in [-0.1, -0.05) is 30.3 Å². The van der Waals surface area contributed by atoms with Crippen molar-refractivity contribution in [1.29, 1.82) is 0 Å². The summed E-state index contributed by atoms with van der Waals surface area (Å²) in [5, 5.41) is 8.45. The van der Waals surface area contributed by atoms with Gasteiger partial charge >= 0.3 is 6.03 Å². The smallest absolute Gasteiger partial charge is 0.315 e. The number of pyridine rings is 1. The summed E-state index contributed by atoms with van der Waals surface area (Å²) in [5.74, 6) is -0.178. The van der Waals surface area contributed by atoms with Gasteiger partial charge in [0.05, 0.1) is 6.54 Å². The highest BCUT2D eigenvalue weighted by molar-refractivity contribution is 5.83. The van der Waals surface area contributed by atoms with E-state index in [2.05, 4.69) is 25.8 Å². The van der Waals surface area contributed by atoms with Gasteiger partial charge in [0, 0.05) is 44.6 Å². The fraction of sp³-hybridized carbons (Fsp3) is 0.409. The van der Waals surface area contributed by atoms with Crippen LogP contribution in [0.5, 0.6) is 0 Å². The Morgan fingerprint density at radius 2 is 1.69 bits per heavy atom. The fourth-order valence-corrected chi connectivity index (χ4v) is 3.43. The number of nitrogens with one attached hydrogen (secondary N) is 3. The average Bonchev–Trinajstić information content (AvgIpc) is 2.75. The van der Waals surface area contributed by atoms with Crippen molar-refractivity contribution in [3.05, 3.63) is 66.0 Å². The zero-order valence-corrected chi connectivity index (χ0v) is 16.6. The van der Waals surface area contributed by atoms with Gasteiger partial charge in [-0.05, 0) is 42.5 Å². The van der Waals surface area contributed by atoms with Crippen molar-refractivity contribution in [2.45, 2.75) is 31.8 Å². The van der Waals surface area contributed by atoms with Crippen molar-refractivity contribution in [3.63, 3.8) is 0 Å². The molecule has 7 heteroatoms. The zero-order valence-electron chi connectivity index (χ0n) is 16.6. The fourth-order valence-electron chi connectivity index (χ4n) is 3.43. The van der Waals surface area contributed by atoms with E-state index in [4.69, 9.17) is 0 Å². The molecule has 2 heterocycles. The molecule has 1 aromatic carbocycles. The highest BCUT2D eigenvalue weighted by atomic mass is 16.2. The number of rotatable bonds is 8. The molecule has 1 saturated heterocycles. The van der Waals surface area contributed by atoms with Crippen molar-refractivity contribution in [2.24, 2.45) is 0 Å². The molecule has 0 unspecified atom stereocenters. The monoisotopic (exact) mass is 395 g/mol. The maximum Gasteiger partial charge on any atom is 0.315 e. The third-order valence-corrected chi connectivity index (χ3v) is 5.07. The van der Waals surface area contributed by atoms with E-state index in [1.54, 1.807) is 0 Å². The molecule has 3 amide bonds. The Hall–Kier alpha value is -2.93. The van der Waals surface area contributed by atoms with Gasteiger partial charge in [-0.15, -0.1) is 0 Å². The van der Waals surface area contributed by atoms with Crippen molar-refractivity contribution in [2.75, 3.05) is 26.2 Å². The number of nitrogens with zero attached hydrogens (tertiary/aromatic N) is 2. The van der Waals surface area contributed by atoms with E-state index in [9.17, 15) is 9.59 Å². The van der Waals surface area contributed by atoms with Gasteiger partial charge in [0.25, 0.3) is 0 Å². The van der Waals surface area contributed by atoms with E-state index >= 15 is 0 Å². The number of carbonyl (C=O) groups excluding carboxylic acids is 2. The van der Waals surface area contributed by atoms with E-state index in [0.29, 0.717) is 6.54 Å². The number of piperidine rings is 1. The minimum absolute atomic E-state index is 0.0124. The summed E-state index contributed by atoms with van der Waals surface area (Å²) < 4.78 is 0. The van der Waals surface area contributed by atoms with E-state index in [1.807, 2.05) is 54.9 Å². The first kappa shape index (κ1) is 20.8. The molecule has 2 aromatic rings. The second-order valence-electron chi connectivity index (χ2n) is 7.32. The molecule has 154 valence electrons. The number of amides is 3. The summed E-state index contributed by atoms with van der Waals surface area (Å²) >= 11 is 0. The summed E-state index contributed by atoms with van der Waals surface area (Å²) in [6.07, 6.45) is 6.21. The average molecular weight is 396 g/mol.